The number of nitrogens with zero attached hydrogens (tertiary/aromatic N) is 5. The number of fused-ring (bicyclic) bond motifs is 3. The Morgan fingerprint density at radius 1 is 1.19 bits per heavy atom. The highest BCUT2D eigenvalue weighted by Crippen LogP contribution is 2.31. The van der Waals surface area contributed by atoms with Gasteiger partial charge in [-0.3, -0.25) is 19.0 Å². The summed E-state index contributed by atoms with van der Waals surface area (Å²) < 4.78 is 29.3. The van der Waals surface area contributed by atoms with E-state index in [0.717, 1.165) is 4.31 Å². The largest absolute Gasteiger partial charge is 0.353 e. The van der Waals surface area contributed by atoms with Gasteiger partial charge < -0.3 is 15.1 Å². The molecule has 0 atom stereocenters. The normalized spacial score (nSPS) is 17.9. The second-order valence-electron chi connectivity index (χ2n) is 7.52. The second-order valence-corrected chi connectivity index (χ2v) is 9.42. The molecular weight excluding hydrogens is 424 g/mol. The molecule has 0 unspecified atom stereocenters. The number of imidazole rings is 1. The van der Waals surface area contributed by atoms with E-state index in [2.05, 4.69) is 10.3 Å². The minimum atomic E-state index is -4.01. The maximum Gasteiger partial charge on any atom is 0.274 e. The smallest absolute Gasteiger partial charge is 0.274 e. The standard InChI is InChI=1S/C19H22N6O5S/c1-22(2)17(27)11-24-9-14-18(19(28)23-8-7-20-16(26)10-23)21-12-25(14)13-5-3-4-6-15(13)31(24,29)30/h3-6,12H,7-11H2,1-2H3,(H,20,26). The van der Waals surface area contributed by atoms with Crippen molar-refractivity contribution in [3.8, 4) is 5.69 Å². The van der Waals surface area contributed by atoms with Gasteiger partial charge in [0.2, 0.25) is 21.8 Å². The topological polar surface area (TPSA) is 125 Å². The van der Waals surface area contributed by atoms with Crippen LogP contribution in [-0.4, -0.2) is 90.1 Å². The zero-order valence-electron chi connectivity index (χ0n) is 17.1. The number of benzene rings is 1. The highest BCUT2D eigenvalue weighted by molar-refractivity contribution is 7.89. The van der Waals surface area contributed by atoms with Gasteiger partial charge in [-0.25, -0.2) is 13.4 Å². The second kappa shape index (κ2) is 7.78. The summed E-state index contributed by atoms with van der Waals surface area (Å²) in [6, 6.07) is 6.37. The molecular formula is C19H22N6O5S. The highest BCUT2D eigenvalue weighted by Gasteiger charge is 2.37. The van der Waals surface area contributed by atoms with Gasteiger partial charge in [-0.2, -0.15) is 4.31 Å². The molecule has 4 rings (SSSR count). The van der Waals surface area contributed by atoms with Gasteiger partial charge in [-0.15, -0.1) is 0 Å². The van der Waals surface area contributed by atoms with Crippen molar-refractivity contribution in [2.45, 2.75) is 11.4 Å². The fraction of sp³-hybridized carbons (Fsp3) is 0.368. The Morgan fingerprint density at radius 3 is 2.65 bits per heavy atom. The molecule has 0 aliphatic carbocycles. The number of carbonyl (C=O) groups is 3. The fourth-order valence-corrected chi connectivity index (χ4v) is 5.10. The number of rotatable bonds is 3. The zero-order valence-corrected chi connectivity index (χ0v) is 17.9. The highest BCUT2D eigenvalue weighted by atomic mass is 32.2. The Balaban J connectivity index is 1.82. The molecule has 0 saturated carbocycles. The molecule has 0 bridgehead atoms. The van der Waals surface area contributed by atoms with E-state index < -0.39 is 21.8 Å². The van der Waals surface area contributed by atoms with Crippen LogP contribution >= 0.6 is 0 Å². The van der Waals surface area contributed by atoms with Gasteiger partial charge in [0.25, 0.3) is 5.91 Å². The number of carbonyl (C=O) groups excluding carboxylic acids is 3. The molecule has 1 aromatic heterocycles. The predicted octanol–water partition coefficient (Wildman–Crippen LogP) is -0.963. The Kier molecular flexibility index (Phi) is 5.27. The average molecular weight is 446 g/mol. The third-order valence-electron chi connectivity index (χ3n) is 5.27. The van der Waals surface area contributed by atoms with Crippen molar-refractivity contribution in [1.29, 1.82) is 0 Å². The molecule has 0 radical (unpaired) electrons. The Bertz CT molecular complexity index is 1170. The monoisotopic (exact) mass is 446 g/mol. The van der Waals surface area contributed by atoms with Crippen LogP contribution in [0.5, 0.6) is 0 Å². The fourth-order valence-electron chi connectivity index (χ4n) is 3.57. The van der Waals surface area contributed by atoms with Crippen LogP contribution < -0.4 is 5.32 Å². The van der Waals surface area contributed by atoms with Gasteiger partial charge in [0, 0.05) is 27.2 Å². The van der Waals surface area contributed by atoms with Crippen molar-refractivity contribution in [3.05, 3.63) is 42.0 Å². The first kappa shape index (κ1) is 21.0. The van der Waals surface area contributed by atoms with Gasteiger partial charge in [0.05, 0.1) is 31.0 Å². The van der Waals surface area contributed by atoms with E-state index in [0.29, 0.717) is 24.5 Å². The van der Waals surface area contributed by atoms with Gasteiger partial charge in [-0.05, 0) is 12.1 Å². The molecule has 3 heterocycles. The molecule has 3 amide bonds. The van der Waals surface area contributed by atoms with Crippen molar-refractivity contribution < 1.29 is 22.8 Å². The van der Waals surface area contributed by atoms with Gasteiger partial charge in [0.1, 0.15) is 11.2 Å². The zero-order chi connectivity index (χ0) is 22.3. The minimum absolute atomic E-state index is 0.0223. The average Bonchev–Trinajstić information content (AvgIpc) is 3.12. The molecule has 2 aliphatic heterocycles. The molecule has 1 fully saturated rings. The lowest BCUT2D eigenvalue weighted by Gasteiger charge is -2.26. The van der Waals surface area contributed by atoms with Crippen LogP contribution in [0.15, 0.2) is 35.5 Å². The molecule has 31 heavy (non-hydrogen) atoms. The lowest BCUT2D eigenvalue weighted by molar-refractivity contribution is -0.129. The number of amides is 3. The van der Waals surface area contributed by atoms with Crippen LogP contribution in [0, 0.1) is 0 Å². The quantitative estimate of drug-likeness (QED) is 0.647. The van der Waals surface area contributed by atoms with Gasteiger partial charge in [-0.1, -0.05) is 12.1 Å². The number of sulfonamides is 1. The van der Waals surface area contributed by atoms with Crippen LogP contribution in [0.2, 0.25) is 0 Å². The molecule has 1 N–H and O–H groups in total. The lowest BCUT2D eigenvalue weighted by atomic mass is 10.2. The van der Waals surface area contributed by atoms with E-state index in [1.165, 1.54) is 22.2 Å². The van der Waals surface area contributed by atoms with Crippen LogP contribution in [0.3, 0.4) is 0 Å². The maximum atomic E-state index is 13.3. The third-order valence-corrected chi connectivity index (χ3v) is 7.11. The number of hydrogen-bond acceptors (Lipinski definition) is 6. The van der Waals surface area contributed by atoms with Crippen molar-refractivity contribution in [1.82, 2.24) is 29.0 Å². The molecule has 11 nitrogen and oxygen atoms in total. The van der Waals surface area contributed by atoms with Gasteiger partial charge >= 0.3 is 0 Å². The first-order valence-corrected chi connectivity index (χ1v) is 11.1. The summed E-state index contributed by atoms with van der Waals surface area (Å²) in [6.45, 7) is -0.0228. The summed E-state index contributed by atoms with van der Waals surface area (Å²) in [4.78, 5) is 44.2. The van der Waals surface area contributed by atoms with Crippen molar-refractivity contribution >= 4 is 27.7 Å². The first-order chi connectivity index (χ1) is 14.7. The molecule has 164 valence electrons. The summed E-state index contributed by atoms with van der Waals surface area (Å²) in [5, 5.41) is 2.66. The van der Waals surface area contributed by atoms with Crippen molar-refractivity contribution in [2.24, 2.45) is 0 Å². The van der Waals surface area contributed by atoms with Crippen LogP contribution in [-0.2, 0) is 26.2 Å². The molecule has 12 heteroatoms. The summed E-state index contributed by atoms with van der Waals surface area (Å²) >= 11 is 0. The minimum Gasteiger partial charge on any atom is -0.353 e. The summed E-state index contributed by atoms with van der Waals surface area (Å²) in [5.41, 5.74) is 0.750. The van der Waals surface area contributed by atoms with Crippen molar-refractivity contribution in [3.63, 3.8) is 0 Å². The lowest BCUT2D eigenvalue weighted by Crippen LogP contribution is -2.50. The number of aromatic nitrogens is 2. The molecule has 0 spiro atoms. The van der Waals surface area contributed by atoms with Crippen LogP contribution in [0.25, 0.3) is 5.69 Å². The van der Waals surface area contributed by atoms with E-state index >= 15 is 0 Å². The number of para-hydroxylation sites is 1. The SMILES string of the molecule is CN(C)C(=O)CN1Cc2c(C(=O)N3CCNC(=O)C3)ncn2-c2ccccc2S1(=O)=O. The third kappa shape index (κ3) is 3.68. The van der Waals surface area contributed by atoms with Crippen LogP contribution in [0.1, 0.15) is 16.2 Å². The molecule has 1 aromatic carbocycles. The number of nitrogens with one attached hydrogen (secondary N) is 1. The summed E-state index contributed by atoms with van der Waals surface area (Å²) in [7, 11) is -0.927. The van der Waals surface area contributed by atoms with E-state index in [-0.39, 0.29) is 36.1 Å². The van der Waals surface area contributed by atoms with Crippen LogP contribution in [0.4, 0.5) is 0 Å². The summed E-state index contributed by atoms with van der Waals surface area (Å²) in [6.07, 6.45) is 1.40. The number of likely N-dealkylation sites (N-methyl/N-ethyl adjacent to an activating group) is 1. The van der Waals surface area contributed by atoms with E-state index in [9.17, 15) is 22.8 Å². The van der Waals surface area contributed by atoms with Crippen molar-refractivity contribution in [2.75, 3.05) is 40.3 Å². The maximum absolute atomic E-state index is 13.3. The summed E-state index contributed by atoms with van der Waals surface area (Å²) in [5.74, 6) is -1.12. The first-order valence-electron chi connectivity index (χ1n) is 9.62. The predicted molar refractivity (Wildman–Crippen MR) is 109 cm³/mol. The Hall–Kier alpha value is -3.25. The molecule has 2 aromatic rings. The number of hydrogen-bond donors (Lipinski definition) is 1. The number of piperazine rings is 1. The van der Waals surface area contributed by atoms with E-state index in [4.69, 9.17) is 0 Å². The van der Waals surface area contributed by atoms with E-state index in [1.807, 2.05) is 0 Å². The molecule has 2 aliphatic rings. The Morgan fingerprint density at radius 2 is 1.94 bits per heavy atom. The van der Waals surface area contributed by atoms with E-state index in [1.54, 1.807) is 36.9 Å². The molecule has 1 saturated heterocycles. The van der Waals surface area contributed by atoms with Gasteiger partial charge in [0.15, 0.2) is 5.69 Å². The Labute approximate surface area is 179 Å².